The zero-order chi connectivity index (χ0) is 26.0. The van der Waals surface area contributed by atoms with Gasteiger partial charge in [-0.2, -0.15) is 0 Å². The van der Waals surface area contributed by atoms with Crippen molar-refractivity contribution in [2.75, 3.05) is 0 Å². The van der Waals surface area contributed by atoms with Gasteiger partial charge in [0.15, 0.2) is 0 Å². The molecule has 0 saturated heterocycles. The second-order valence-electron chi connectivity index (χ2n) is 11.4. The first-order chi connectivity index (χ1) is 17.0. The van der Waals surface area contributed by atoms with Gasteiger partial charge in [0.1, 0.15) is 0 Å². The molecule has 0 aliphatic rings. The molecule has 0 aliphatic carbocycles. The highest BCUT2D eigenvalue weighted by molar-refractivity contribution is 7.60. The van der Waals surface area contributed by atoms with Crippen molar-refractivity contribution in [3.05, 3.63) is 120 Å². The third-order valence-corrected chi connectivity index (χ3v) is 11.5. The van der Waals surface area contributed by atoms with Gasteiger partial charge in [-0.1, -0.05) is 104 Å². The lowest BCUT2D eigenvalue weighted by molar-refractivity contribution is 0.701. The molecule has 0 amide bonds. The lowest BCUT2D eigenvalue weighted by Gasteiger charge is -2.43. The minimum absolute atomic E-state index is 0.225. The van der Waals surface area contributed by atoms with Gasteiger partial charge in [0.25, 0.3) is 0 Å². The van der Waals surface area contributed by atoms with E-state index in [1.165, 1.54) is 22.3 Å². The smallest absolute Gasteiger partial charge is 0.0936 e. The fraction of sp³-hybridized carbons (Fsp3) is 0.312. The van der Waals surface area contributed by atoms with E-state index in [2.05, 4.69) is 124 Å². The summed E-state index contributed by atoms with van der Waals surface area (Å²) in [6.45, 7) is 14.4. The molecule has 0 N–H and O–H groups in total. The predicted octanol–water partition coefficient (Wildman–Crippen LogP) is 8.89. The van der Waals surface area contributed by atoms with Crippen LogP contribution >= 0.6 is 17.2 Å². The van der Waals surface area contributed by atoms with Crippen LogP contribution in [0.4, 0.5) is 0 Å². The van der Waals surface area contributed by atoms with Crippen molar-refractivity contribution in [2.45, 2.75) is 63.2 Å². The van der Waals surface area contributed by atoms with Crippen molar-refractivity contribution in [1.29, 1.82) is 0 Å². The summed E-state index contributed by atoms with van der Waals surface area (Å²) in [4.78, 5) is 9.74. The van der Waals surface area contributed by atoms with Gasteiger partial charge in [0.05, 0.1) is 16.5 Å². The van der Waals surface area contributed by atoms with Crippen molar-refractivity contribution < 1.29 is 0 Å². The summed E-state index contributed by atoms with van der Waals surface area (Å²) >= 11 is 0. The van der Waals surface area contributed by atoms with Crippen LogP contribution < -0.4 is 0 Å². The summed E-state index contributed by atoms with van der Waals surface area (Å²) in [6.07, 6.45) is 4.81. The Morgan fingerprint density at radius 2 is 1.17 bits per heavy atom. The van der Waals surface area contributed by atoms with Gasteiger partial charge in [0, 0.05) is 12.4 Å². The number of rotatable bonds is 6. The molecule has 4 heteroatoms. The number of hydrogen-bond donors (Lipinski definition) is 0. The zero-order valence-corrected chi connectivity index (χ0v) is 24.4. The van der Waals surface area contributed by atoms with Crippen LogP contribution in [0.1, 0.15) is 64.1 Å². The first-order valence-electron chi connectivity index (χ1n) is 12.6. The Bertz CT molecular complexity index is 1220. The summed E-state index contributed by atoms with van der Waals surface area (Å²) < 4.78 is 0. The van der Waals surface area contributed by atoms with Crippen molar-refractivity contribution in [3.8, 4) is 11.1 Å². The molecule has 0 bridgehead atoms. The largest absolute Gasteiger partial charge is 0.260 e. The van der Waals surface area contributed by atoms with Crippen LogP contribution in [0.3, 0.4) is 0 Å². The number of hydrogen-bond acceptors (Lipinski definition) is 2. The summed E-state index contributed by atoms with van der Waals surface area (Å²) in [5, 5.41) is -0.121. The maximum atomic E-state index is 4.87. The SMILES string of the molecule is CC(C)(C)P(Cc1ccc(-c2ccccc2)cc1C(P)(c1ccccn1)c1ccccn1)C(C)(C)C. The summed E-state index contributed by atoms with van der Waals surface area (Å²) in [5.41, 5.74) is 7.02. The molecule has 2 heterocycles. The minimum Gasteiger partial charge on any atom is -0.260 e. The summed E-state index contributed by atoms with van der Waals surface area (Å²) in [5.74, 6) is 0. The minimum atomic E-state index is -0.570. The second kappa shape index (κ2) is 10.5. The van der Waals surface area contributed by atoms with Crippen LogP contribution in [0.2, 0.25) is 0 Å². The summed E-state index contributed by atoms with van der Waals surface area (Å²) in [7, 11) is 2.82. The van der Waals surface area contributed by atoms with Crippen molar-refractivity contribution in [3.63, 3.8) is 0 Å². The fourth-order valence-electron chi connectivity index (χ4n) is 5.14. The standard InChI is InChI=1S/C32H38N2P2/c1-30(2,3)36(31(4,5)6)23-26-19-18-25(24-14-8-7-9-15-24)22-27(26)32(35,28-16-10-12-20-33-28)29-17-11-13-21-34-29/h7-22H,23,35H2,1-6H3. The van der Waals surface area contributed by atoms with Crippen LogP contribution in [0.15, 0.2) is 97.3 Å². The molecule has 2 aromatic heterocycles. The molecule has 0 aliphatic heterocycles. The van der Waals surface area contributed by atoms with Gasteiger partial charge >= 0.3 is 0 Å². The normalized spacial score (nSPS) is 12.7. The van der Waals surface area contributed by atoms with E-state index in [4.69, 9.17) is 9.97 Å². The lowest BCUT2D eigenvalue weighted by Crippen LogP contribution is -2.29. The average molecular weight is 513 g/mol. The van der Waals surface area contributed by atoms with Crippen molar-refractivity contribution in [2.24, 2.45) is 0 Å². The van der Waals surface area contributed by atoms with Gasteiger partial charge in [-0.15, -0.1) is 9.24 Å². The number of pyridine rings is 2. The molecule has 4 rings (SSSR count). The summed E-state index contributed by atoms with van der Waals surface area (Å²) in [6, 6.07) is 30.0. The molecule has 0 spiro atoms. The van der Waals surface area contributed by atoms with Crippen LogP contribution in [-0.2, 0) is 11.3 Å². The monoisotopic (exact) mass is 512 g/mol. The highest BCUT2D eigenvalue weighted by Crippen LogP contribution is 2.62. The average Bonchev–Trinajstić information content (AvgIpc) is 2.87. The molecule has 4 aromatic rings. The van der Waals surface area contributed by atoms with E-state index in [1.807, 2.05) is 24.5 Å². The molecule has 1 unspecified atom stereocenters. The van der Waals surface area contributed by atoms with Gasteiger partial charge in [0.2, 0.25) is 0 Å². The van der Waals surface area contributed by atoms with Crippen LogP contribution in [0, 0.1) is 0 Å². The van der Waals surface area contributed by atoms with Crippen LogP contribution in [0.5, 0.6) is 0 Å². The fourth-order valence-corrected chi connectivity index (χ4v) is 9.33. The maximum absolute atomic E-state index is 4.87. The Labute approximate surface area is 221 Å². The number of nitrogens with zero attached hydrogens (tertiary/aromatic N) is 2. The topological polar surface area (TPSA) is 25.8 Å². The number of benzene rings is 2. The molecule has 2 aromatic carbocycles. The van der Waals surface area contributed by atoms with Crippen molar-refractivity contribution >= 4 is 17.2 Å². The molecule has 1 atom stereocenters. The maximum Gasteiger partial charge on any atom is 0.0936 e. The van der Waals surface area contributed by atoms with E-state index >= 15 is 0 Å². The van der Waals surface area contributed by atoms with Gasteiger partial charge in [-0.05, 0) is 69.1 Å². The number of aromatic nitrogens is 2. The Balaban J connectivity index is 2.00. The molecule has 2 nitrogen and oxygen atoms in total. The Morgan fingerprint density at radius 3 is 1.64 bits per heavy atom. The van der Waals surface area contributed by atoms with E-state index in [-0.39, 0.29) is 18.2 Å². The van der Waals surface area contributed by atoms with Gasteiger partial charge in [-0.25, -0.2) is 0 Å². The lowest BCUT2D eigenvalue weighted by atomic mass is 9.85. The van der Waals surface area contributed by atoms with Gasteiger partial charge in [-0.3, -0.25) is 9.97 Å². The van der Waals surface area contributed by atoms with Crippen molar-refractivity contribution in [1.82, 2.24) is 9.97 Å². The Morgan fingerprint density at radius 1 is 0.639 bits per heavy atom. The van der Waals surface area contributed by atoms with E-state index in [9.17, 15) is 0 Å². The van der Waals surface area contributed by atoms with E-state index < -0.39 is 5.16 Å². The van der Waals surface area contributed by atoms with Crippen LogP contribution in [0.25, 0.3) is 11.1 Å². The molecule has 0 fully saturated rings. The molecular formula is C32H38N2P2. The molecule has 0 radical (unpaired) electrons. The highest BCUT2D eigenvalue weighted by atomic mass is 31.1. The first kappa shape index (κ1) is 26.7. The van der Waals surface area contributed by atoms with E-state index in [1.54, 1.807) is 0 Å². The third kappa shape index (κ3) is 5.61. The molecule has 36 heavy (non-hydrogen) atoms. The molecule has 0 saturated carbocycles. The van der Waals surface area contributed by atoms with Gasteiger partial charge < -0.3 is 0 Å². The molecule has 186 valence electrons. The van der Waals surface area contributed by atoms with E-state index in [0.717, 1.165) is 17.5 Å². The second-order valence-corrected chi connectivity index (χ2v) is 16.1. The predicted molar refractivity (Wildman–Crippen MR) is 160 cm³/mol. The Kier molecular flexibility index (Phi) is 7.80. The quantitative estimate of drug-likeness (QED) is 0.241. The molecular weight excluding hydrogens is 474 g/mol. The zero-order valence-electron chi connectivity index (χ0n) is 22.4. The third-order valence-electron chi connectivity index (χ3n) is 6.73. The van der Waals surface area contributed by atoms with Crippen LogP contribution in [-0.4, -0.2) is 20.3 Å². The van der Waals surface area contributed by atoms with E-state index in [0.29, 0.717) is 0 Å². The highest BCUT2D eigenvalue weighted by Gasteiger charge is 2.39. The Hall–Kier alpha value is -2.40. The first-order valence-corrected chi connectivity index (χ1v) is 14.7.